The molecule has 1 aliphatic rings. The Morgan fingerprint density at radius 3 is 2.19 bits per heavy atom. The molecule has 3 rings (SSSR count). The molecule has 0 N–H and O–H groups in total. The van der Waals surface area contributed by atoms with Gasteiger partial charge in [-0.15, -0.1) is 0 Å². The topological polar surface area (TPSA) is 90.0 Å². The van der Waals surface area contributed by atoms with E-state index in [1.807, 2.05) is 0 Å². The fourth-order valence-electron chi connectivity index (χ4n) is 3.10. The van der Waals surface area contributed by atoms with Gasteiger partial charge in [0.05, 0.1) is 29.3 Å². The second kappa shape index (κ2) is 7.49. The Bertz CT molecular complexity index is 1020. The highest BCUT2D eigenvalue weighted by molar-refractivity contribution is 7.92. The van der Waals surface area contributed by atoms with E-state index in [4.69, 9.17) is 9.47 Å². The molecule has 2 aromatic rings. The molecule has 27 heavy (non-hydrogen) atoms. The minimum atomic E-state index is -3.84. The quantitative estimate of drug-likeness (QED) is 0.722. The van der Waals surface area contributed by atoms with Gasteiger partial charge in [0, 0.05) is 19.2 Å². The van der Waals surface area contributed by atoms with Gasteiger partial charge in [0.1, 0.15) is 0 Å². The highest BCUT2D eigenvalue weighted by Crippen LogP contribution is 2.33. The van der Waals surface area contributed by atoms with E-state index in [0.29, 0.717) is 11.5 Å². The molecule has 0 aliphatic carbocycles. The molecule has 9 heteroatoms. The van der Waals surface area contributed by atoms with E-state index in [9.17, 15) is 16.8 Å². The molecule has 1 fully saturated rings. The number of benzene rings is 2. The lowest BCUT2D eigenvalue weighted by Gasteiger charge is -2.18. The summed E-state index contributed by atoms with van der Waals surface area (Å²) in [6, 6.07) is 12.4. The average Bonchev–Trinajstić information content (AvgIpc) is 3.20. The van der Waals surface area contributed by atoms with Crippen molar-refractivity contribution in [3.8, 4) is 11.5 Å². The van der Waals surface area contributed by atoms with Crippen molar-refractivity contribution >= 4 is 19.9 Å². The smallest absolute Gasteiger partial charge is 0.243 e. The number of hydrogen-bond donors (Lipinski definition) is 0. The van der Waals surface area contributed by atoms with Gasteiger partial charge in [0.15, 0.2) is 21.3 Å². The molecule has 0 spiro atoms. The summed E-state index contributed by atoms with van der Waals surface area (Å²) in [4.78, 5) is 0.248. The zero-order chi connectivity index (χ0) is 19.7. The number of nitrogens with zero attached hydrogens (tertiary/aromatic N) is 1. The van der Waals surface area contributed by atoms with E-state index < -0.39 is 25.1 Å². The number of sulfonamides is 1. The van der Waals surface area contributed by atoms with Crippen LogP contribution in [0.25, 0.3) is 0 Å². The predicted molar refractivity (Wildman–Crippen MR) is 100 cm³/mol. The molecule has 1 unspecified atom stereocenters. The Morgan fingerprint density at radius 1 is 0.889 bits per heavy atom. The van der Waals surface area contributed by atoms with E-state index in [0.717, 1.165) is 0 Å². The van der Waals surface area contributed by atoms with Crippen molar-refractivity contribution in [1.29, 1.82) is 0 Å². The standard InChI is InChI=1S/C18H21NO6S2/c1-24-17-9-8-15(12-18(17)25-2)27(22,23)19-11-10-16(13-19)26(20,21)14-6-4-3-5-7-14/h3-9,12,16H,10-11,13H2,1-2H3. The van der Waals surface area contributed by atoms with Crippen LogP contribution in [0.15, 0.2) is 58.3 Å². The van der Waals surface area contributed by atoms with Gasteiger partial charge in [0.2, 0.25) is 10.0 Å². The molecule has 0 amide bonds. The molecular formula is C18H21NO6S2. The van der Waals surface area contributed by atoms with Crippen molar-refractivity contribution in [3.05, 3.63) is 48.5 Å². The Labute approximate surface area is 159 Å². The Morgan fingerprint density at radius 2 is 1.56 bits per heavy atom. The molecule has 2 aromatic carbocycles. The van der Waals surface area contributed by atoms with Gasteiger partial charge in [-0.3, -0.25) is 0 Å². The van der Waals surface area contributed by atoms with Crippen LogP contribution < -0.4 is 9.47 Å². The maximum Gasteiger partial charge on any atom is 0.243 e. The summed E-state index contributed by atoms with van der Waals surface area (Å²) in [5.74, 6) is 0.716. The molecule has 0 radical (unpaired) electrons. The van der Waals surface area contributed by atoms with Crippen LogP contribution in [-0.4, -0.2) is 53.7 Å². The van der Waals surface area contributed by atoms with Gasteiger partial charge in [0.25, 0.3) is 0 Å². The van der Waals surface area contributed by atoms with Crippen LogP contribution in [0.2, 0.25) is 0 Å². The van der Waals surface area contributed by atoms with Gasteiger partial charge in [-0.05, 0) is 30.7 Å². The molecule has 1 saturated heterocycles. The molecule has 1 heterocycles. The van der Waals surface area contributed by atoms with E-state index in [-0.39, 0.29) is 29.3 Å². The van der Waals surface area contributed by atoms with Gasteiger partial charge in [-0.2, -0.15) is 4.31 Å². The van der Waals surface area contributed by atoms with Crippen LogP contribution in [0.5, 0.6) is 11.5 Å². The van der Waals surface area contributed by atoms with Gasteiger partial charge in [-0.1, -0.05) is 18.2 Å². The van der Waals surface area contributed by atoms with Gasteiger partial charge in [-0.25, -0.2) is 16.8 Å². The number of rotatable bonds is 6. The molecule has 146 valence electrons. The summed E-state index contributed by atoms with van der Waals surface area (Å²) in [5.41, 5.74) is 0. The normalized spacial score (nSPS) is 18.4. The molecule has 1 aliphatic heterocycles. The first kappa shape index (κ1) is 19.7. The van der Waals surface area contributed by atoms with E-state index >= 15 is 0 Å². The molecule has 1 atom stereocenters. The predicted octanol–water partition coefficient (Wildman–Crippen LogP) is 1.94. The van der Waals surface area contributed by atoms with Crippen LogP contribution in [0, 0.1) is 0 Å². The van der Waals surface area contributed by atoms with Crippen LogP contribution in [-0.2, 0) is 19.9 Å². The number of methoxy groups -OCH3 is 2. The number of hydrogen-bond acceptors (Lipinski definition) is 6. The van der Waals surface area contributed by atoms with E-state index in [2.05, 4.69) is 0 Å². The zero-order valence-corrected chi connectivity index (χ0v) is 16.7. The lowest BCUT2D eigenvalue weighted by molar-refractivity contribution is 0.353. The minimum absolute atomic E-state index is 0.0397. The van der Waals surface area contributed by atoms with Gasteiger partial charge >= 0.3 is 0 Å². The Hall–Kier alpha value is -2.10. The third-order valence-corrected chi connectivity index (χ3v) is 8.66. The third kappa shape index (κ3) is 3.67. The molecule has 0 bridgehead atoms. The van der Waals surface area contributed by atoms with E-state index in [1.165, 1.54) is 48.9 Å². The second-order valence-electron chi connectivity index (χ2n) is 6.15. The van der Waals surface area contributed by atoms with Crippen molar-refractivity contribution in [1.82, 2.24) is 4.31 Å². The lowest BCUT2D eigenvalue weighted by Crippen LogP contribution is -2.32. The first-order chi connectivity index (χ1) is 12.8. The monoisotopic (exact) mass is 411 g/mol. The largest absolute Gasteiger partial charge is 0.493 e. The van der Waals surface area contributed by atoms with Crippen molar-refractivity contribution in [2.45, 2.75) is 21.5 Å². The van der Waals surface area contributed by atoms with Crippen LogP contribution in [0.4, 0.5) is 0 Å². The SMILES string of the molecule is COc1ccc(S(=O)(=O)N2CCC(S(=O)(=O)c3ccccc3)C2)cc1OC. The first-order valence-electron chi connectivity index (χ1n) is 8.32. The maximum absolute atomic E-state index is 12.9. The number of ether oxygens (including phenoxy) is 2. The van der Waals surface area contributed by atoms with Crippen LogP contribution in [0.1, 0.15) is 6.42 Å². The highest BCUT2D eigenvalue weighted by atomic mass is 32.2. The van der Waals surface area contributed by atoms with Gasteiger partial charge < -0.3 is 9.47 Å². The summed E-state index contributed by atoms with van der Waals surface area (Å²) in [6.07, 6.45) is 0.254. The second-order valence-corrected chi connectivity index (χ2v) is 10.3. The lowest BCUT2D eigenvalue weighted by atomic mass is 10.3. The van der Waals surface area contributed by atoms with E-state index in [1.54, 1.807) is 18.2 Å². The summed E-state index contributed by atoms with van der Waals surface area (Å²) in [5, 5.41) is -0.769. The van der Waals surface area contributed by atoms with Crippen molar-refractivity contribution in [2.75, 3.05) is 27.3 Å². The third-order valence-electron chi connectivity index (χ3n) is 4.61. The number of sulfone groups is 1. The molecule has 0 aromatic heterocycles. The average molecular weight is 412 g/mol. The fraction of sp³-hybridized carbons (Fsp3) is 0.333. The molecular weight excluding hydrogens is 390 g/mol. The van der Waals surface area contributed by atoms with Crippen LogP contribution in [0.3, 0.4) is 0 Å². The minimum Gasteiger partial charge on any atom is -0.493 e. The zero-order valence-electron chi connectivity index (χ0n) is 15.0. The summed E-state index contributed by atoms with van der Waals surface area (Å²) >= 11 is 0. The maximum atomic E-state index is 12.9. The summed E-state index contributed by atoms with van der Waals surface area (Å²) in [7, 11) is -4.54. The highest BCUT2D eigenvalue weighted by Gasteiger charge is 2.39. The molecule has 0 saturated carbocycles. The van der Waals surface area contributed by atoms with Crippen molar-refractivity contribution < 1.29 is 26.3 Å². The van der Waals surface area contributed by atoms with Crippen molar-refractivity contribution in [2.24, 2.45) is 0 Å². The van der Waals surface area contributed by atoms with Crippen molar-refractivity contribution in [3.63, 3.8) is 0 Å². The fourth-order valence-corrected chi connectivity index (χ4v) is 6.42. The Kier molecular flexibility index (Phi) is 5.45. The molecule has 7 nitrogen and oxygen atoms in total. The summed E-state index contributed by atoms with van der Waals surface area (Å²) < 4.78 is 62.9. The van der Waals surface area contributed by atoms with Crippen LogP contribution >= 0.6 is 0 Å². The summed E-state index contributed by atoms with van der Waals surface area (Å²) in [6.45, 7) is 0.0707. The first-order valence-corrected chi connectivity index (χ1v) is 11.3. The Balaban J connectivity index is 1.86.